The van der Waals surface area contributed by atoms with Crippen molar-refractivity contribution in [1.82, 2.24) is 15.5 Å². The molecule has 0 unspecified atom stereocenters. The van der Waals surface area contributed by atoms with Gasteiger partial charge in [0.2, 0.25) is 0 Å². The van der Waals surface area contributed by atoms with Crippen molar-refractivity contribution in [1.29, 1.82) is 0 Å². The lowest BCUT2D eigenvalue weighted by molar-refractivity contribution is 0.0922. The minimum Gasteiger partial charge on any atom is -0.497 e. The molecule has 4 rings (SSSR count). The van der Waals surface area contributed by atoms with Crippen LogP contribution in [0.5, 0.6) is 5.75 Å². The maximum Gasteiger partial charge on any atom is 0.273 e. The number of rotatable bonds is 6. The Hall–Kier alpha value is -3.15. The number of benzene rings is 1. The Morgan fingerprint density at radius 2 is 2.08 bits per heavy atom. The lowest BCUT2D eigenvalue weighted by Gasteiger charge is -2.18. The zero-order chi connectivity index (χ0) is 17.9. The molecule has 6 heteroatoms. The summed E-state index contributed by atoms with van der Waals surface area (Å²) in [5, 5.41) is 7.01. The number of nitrogens with one attached hydrogen (secondary N) is 1. The Labute approximate surface area is 151 Å². The molecule has 1 N–H and O–H groups in total. The molecule has 1 atom stereocenters. The number of ether oxygens (including phenoxy) is 1. The summed E-state index contributed by atoms with van der Waals surface area (Å²) in [5.41, 5.74) is 2.12. The highest BCUT2D eigenvalue weighted by Gasteiger charge is 2.34. The van der Waals surface area contributed by atoms with Crippen LogP contribution in [0.4, 0.5) is 0 Å². The molecule has 0 radical (unpaired) electrons. The lowest BCUT2D eigenvalue weighted by atomic mass is 10.0. The smallest absolute Gasteiger partial charge is 0.273 e. The first-order valence-electron chi connectivity index (χ1n) is 8.56. The van der Waals surface area contributed by atoms with Crippen molar-refractivity contribution in [3.8, 4) is 17.1 Å². The molecule has 1 amide bonds. The van der Waals surface area contributed by atoms with Crippen LogP contribution in [0.1, 0.15) is 34.9 Å². The van der Waals surface area contributed by atoms with Crippen LogP contribution in [0, 0.1) is 5.92 Å². The van der Waals surface area contributed by atoms with Gasteiger partial charge in [-0.1, -0.05) is 17.3 Å². The van der Waals surface area contributed by atoms with Crippen LogP contribution in [-0.4, -0.2) is 23.2 Å². The van der Waals surface area contributed by atoms with Crippen LogP contribution in [0.25, 0.3) is 11.3 Å². The molecule has 6 nitrogen and oxygen atoms in total. The van der Waals surface area contributed by atoms with Crippen LogP contribution < -0.4 is 10.1 Å². The SMILES string of the molecule is COc1ccc([C@@H](NC(=O)c2cc(-c3cccnc3)on2)C2CC2)cc1. The number of pyridine rings is 1. The van der Waals surface area contributed by atoms with Crippen LogP contribution in [0.15, 0.2) is 59.4 Å². The number of methoxy groups -OCH3 is 1. The van der Waals surface area contributed by atoms with E-state index in [0.29, 0.717) is 11.7 Å². The van der Waals surface area contributed by atoms with E-state index in [4.69, 9.17) is 9.26 Å². The normalized spacial score (nSPS) is 14.7. The van der Waals surface area contributed by atoms with E-state index >= 15 is 0 Å². The predicted octanol–water partition coefficient (Wildman–Crippen LogP) is 3.63. The summed E-state index contributed by atoms with van der Waals surface area (Å²) < 4.78 is 10.5. The number of nitrogens with zero attached hydrogens (tertiary/aromatic N) is 2. The van der Waals surface area contributed by atoms with E-state index in [-0.39, 0.29) is 17.6 Å². The molecule has 1 aliphatic carbocycles. The van der Waals surface area contributed by atoms with Gasteiger partial charge >= 0.3 is 0 Å². The summed E-state index contributed by atoms with van der Waals surface area (Å²) in [6, 6.07) is 13.1. The van der Waals surface area contributed by atoms with Gasteiger partial charge in [-0.2, -0.15) is 0 Å². The van der Waals surface area contributed by atoms with Gasteiger partial charge in [-0.05, 0) is 48.6 Å². The maximum atomic E-state index is 12.7. The van der Waals surface area contributed by atoms with Crippen LogP contribution in [0.2, 0.25) is 0 Å². The van der Waals surface area contributed by atoms with Crippen molar-refractivity contribution in [3.63, 3.8) is 0 Å². The maximum absolute atomic E-state index is 12.7. The fraction of sp³-hybridized carbons (Fsp3) is 0.250. The molecule has 2 heterocycles. The number of hydrogen-bond donors (Lipinski definition) is 1. The Morgan fingerprint density at radius 1 is 1.27 bits per heavy atom. The van der Waals surface area contributed by atoms with Gasteiger partial charge in [0.1, 0.15) is 5.75 Å². The minimum atomic E-state index is -0.239. The largest absolute Gasteiger partial charge is 0.497 e. The molecule has 3 aromatic rings. The Bertz CT molecular complexity index is 886. The van der Waals surface area contributed by atoms with Gasteiger partial charge in [0.25, 0.3) is 5.91 Å². The molecule has 132 valence electrons. The standard InChI is InChI=1S/C20H19N3O3/c1-25-16-8-6-14(7-9-16)19(13-4-5-13)22-20(24)17-11-18(26-23-17)15-3-2-10-21-12-15/h2-3,6-13,19H,4-5H2,1H3,(H,22,24)/t19-/m0/s1. The van der Waals surface area contributed by atoms with E-state index in [2.05, 4.69) is 15.5 Å². The zero-order valence-electron chi connectivity index (χ0n) is 14.4. The quantitative estimate of drug-likeness (QED) is 0.735. The Balaban J connectivity index is 1.51. The first-order chi connectivity index (χ1) is 12.7. The fourth-order valence-corrected chi connectivity index (χ4v) is 2.96. The number of aromatic nitrogens is 2. The number of carbonyl (C=O) groups is 1. The summed E-state index contributed by atoms with van der Waals surface area (Å²) in [6.45, 7) is 0. The second-order valence-corrected chi connectivity index (χ2v) is 6.38. The Morgan fingerprint density at radius 3 is 2.73 bits per heavy atom. The summed E-state index contributed by atoms with van der Waals surface area (Å²) in [4.78, 5) is 16.7. The molecule has 26 heavy (non-hydrogen) atoms. The number of amides is 1. The van der Waals surface area contributed by atoms with Gasteiger partial charge < -0.3 is 14.6 Å². The number of hydrogen-bond acceptors (Lipinski definition) is 5. The molecule has 0 bridgehead atoms. The first-order valence-corrected chi connectivity index (χ1v) is 8.56. The Kier molecular flexibility index (Phi) is 4.39. The minimum absolute atomic E-state index is 0.0352. The molecule has 1 aromatic carbocycles. The molecule has 1 aliphatic rings. The van der Waals surface area contributed by atoms with E-state index in [1.54, 1.807) is 25.6 Å². The van der Waals surface area contributed by atoms with Crippen LogP contribution in [0.3, 0.4) is 0 Å². The van der Waals surface area contributed by atoms with Gasteiger partial charge in [0, 0.05) is 24.0 Å². The van der Waals surface area contributed by atoms with E-state index in [0.717, 1.165) is 29.7 Å². The zero-order valence-corrected chi connectivity index (χ0v) is 14.4. The molecule has 0 saturated heterocycles. The van der Waals surface area contributed by atoms with E-state index in [1.165, 1.54) is 0 Å². The first kappa shape index (κ1) is 16.3. The van der Waals surface area contributed by atoms with Crippen LogP contribution in [-0.2, 0) is 0 Å². The lowest BCUT2D eigenvalue weighted by Crippen LogP contribution is -2.30. The second-order valence-electron chi connectivity index (χ2n) is 6.38. The average Bonchev–Trinajstić information content (AvgIpc) is 3.42. The van der Waals surface area contributed by atoms with Gasteiger partial charge in [-0.15, -0.1) is 0 Å². The second kappa shape index (κ2) is 7.00. The van der Waals surface area contributed by atoms with Crippen molar-refractivity contribution in [2.45, 2.75) is 18.9 Å². The molecule has 1 saturated carbocycles. The summed E-state index contributed by atoms with van der Waals surface area (Å²) in [7, 11) is 1.64. The fourth-order valence-electron chi connectivity index (χ4n) is 2.96. The monoisotopic (exact) mass is 349 g/mol. The van der Waals surface area contributed by atoms with Crippen molar-refractivity contribution in [3.05, 3.63) is 66.1 Å². The van der Waals surface area contributed by atoms with E-state index in [1.807, 2.05) is 36.4 Å². The summed E-state index contributed by atoms with van der Waals surface area (Å²) in [5.74, 6) is 1.54. The third-order valence-corrected chi connectivity index (χ3v) is 4.54. The molecule has 0 aliphatic heterocycles. The van der Waals surface area contributed by atoms with Gasteiger partial charge in [0.15, 0.2) is 11.5 Å². The predicted molar refractivity (Wildman–Crippen MR) is 95.7 cm³/mol. The third kappa shape index (κ3) is 3.44. The van der Waals surface area contributed by atoms with Crippen molar-refractivity contribution in [2.24, 2.45) is 5.92 Å². The molecule has 0 spiro atoms. The highest BCUT2D eigenvalue weighted by molar-refractivity contribution is 5.93. The molecule has 1 fully saturated rings. The van der Waals surface area contributed by atoms with Crippen molar-refractivity contribution in [2.75, 3.05) is 7.11 Å². The number of carbonyl (C=O) groups excluding carboxylic acids is 1. The molecule has 2 aromatic heterocycles. The van der Waals surface area contributed by atoms with Crippen LogP contribution >= 0.6 is 0 Å². The topological polar surface area (TPSA) is 77.2 Å². The van der Waals surface area contributed by atoms with Gasteiger partial charge in [-0.25, -0.2) is 0 Å². The molecular formula is C20H19N3O3. The summed E-state index contributed by atoms with van der Waals surface area (Å²) in [6.07, 6.45) is 5.57. The highest BCUT2D eigenvalue weighted by atomic mass is 16.5. The van der Waals surface area contributed by atoms with Gasteiger partial charge in [0.05, 0.1) is 13.2 Å². The van der Waals surface area contributed by atoms with E-state index in [9.17, 15) is 4.79 Å². The third-order valence-electron chi connectivity index (χ3n) is 4.54. The summed E-state index contributed by atoms with van der Waals surface area (Å²) >= 11 is 0. The van der Waals surface area contributed by atoms with E-state index < -0.39 is 0 Å². The highest BCUT2D eigenvalue weighted by Crippen LogP contribution is 2.41. The van der Waals surface area contributed by atoms with Crippen molar-refractivity contribution < 1.29 is 14.1 Å². The molecular weight excluding hydrogens is 330 g/mol. The average molecular weight is 349 g/mol. The van der Waals surface area contributed by atoms with Crippen molar-refractivity contribution >= 4 is 5.91 Å². The van der Waals surface area contributed by atoms with Gasteiger partial charge in [-0.3, -0.25) is 9.78 Å².